The van der Waals surface area contributed by atoms with Crippen LogP contribution in [-0.2, 0) is 4.79 Å². The first-order valence-electron chi connectivity index (χ1n) is 8.72. The molecule has 0 aromatic rings. The first-order chi connectivity index (χ1) is 10.6. The molecule has 2 saturated heterocycles. The lowest BCUT2D eigenvalue weighted by Crippen LogP contribution is -2.64. The summed E-state index contributed by atoms with van der Waals surface area (Å²) < 4.78 is 0. The Morgan fingerprint density at radius 2 is 1.59 bits per heavy atom. The van der Waals surface area contributed by atoms with E-state index in [4.69, 9.17) is 5.73 Å². The summed E-state index contributed by atoms with van der Waals surface area (Å²) in [5.41, 5.74) is 5.37. The van der Waals surface area contributed by atoms with E-state index in [1.807, 2.05) is 4.90 Å². The molecular formula is C16H28N4O2. The summed E-state index contributed by atoms with van der Waals surface area (Å²) in [5.74, 6) is -0.122. The van der Waals surface area contributed by atoms with Crippen LogP contribution in [0.2, 0.25) is 0 Å². The van der Waals surface area contributed by atoms with Gasteiger partial charge >= 0.3 is 6.03 Å². The molecule has 22 heavy (non-hydrogen) atoms. The van der Waals surface area contributed by atoms with Crippen molar-refractivity contribution in [1.82, 2.24) is 15.1 Å². The number of likely N-dealkylation sites (tertiary alicyclic amines) is 2. The summed E-state index contributed by atoms with van der Waals surface area (Å²) in [7, 11) is 0. The first-order valence-corrected chi connectivity index (χ1v) is 8.72. The van der Waals surface area contributed by atoms with Gasteiger partial charge in [-0.15, -0.1) is 0 Å². The highest BCUT2D eigenvalue weighted by Crippen LogP contribution is 2.24. The lowest BCUT2D eigenvalue weighted by molar-refractivity contribution is -0.123. The Bertz CT molecular complexity index is 408. The zero-order valence-corrected chi connectivity index (χ0v) is 13.3. The number of nitrogens with zero attached hydrogens (tertiary/aromatic N) is 2. The van der Waals surface area contributed by atoms with Crippen LogP contribution in [0.15, 0.2) is 0 Å². The molecule has 0 aromatic carbocycles. The van der Waals surface area contributed by atoms with Gasteiger partial charge in [0, 0.05) is 31.1 Å². The van der Waals surface area contributed by atoms with Gasteiger partial charge in [0.2, 0.25) is 5.91 Å². The van der Waals surface area contributed by atoms with E-state index in [9.17, 15) is 9.59 Å². The number of carbonyl (C=O) groups excluding carboxylic acids is 2. The van der Waals surface area contributed by atoms with Gasteiger partial charge < -0.3 is 16.0 Å². The van der Waals surface area contributed by atoms with Crippen LogP contribution in [0.1, 0.15) is 44.9 Å². The molecule has 6 nitrogen and oxygen atoms in total. The molecule has 1 aliphatic carbocycles. The van der Waals surface area contributed by atoms with E-state index >= 15 is 0 Å². The van der Waals surface area contributed by atoms with Gasteiger partial charge in [-0.25, -0.2) is 4.79 Å². The predicted octanol–water partition coefficient (Wildman–Crippen LogP) is 0.910. The van der Waals surface area contributed by atoms with Crippen molar-refractivity contribution >= 4 is 11.9 Å². The average molecular weight is 308 g/mol. The highest BCUT2D eigenvalue weighted by molar-refractivity contribution is 5.77. The smallest absolute Gasteiger partial charge is 0.317 e. The number of piperidine rings is 1. The minimum Gasteiger partial charge on any atom is -0.369 e. The van der Waals surface area contributed by atoms with Crippen LogP contribution in [0.25, 0.3) is 0 Å². The summed E-state index contributed by atoms with van der Waals surface area (Å²) in [6.45, 7) is 3.49. The summed E-state index contributed by atoms with van der Waals surface area (Å²) in [5, 5.41) is 3.17. The molecule has 2 aliphatic heterocycles. The Balaban J connectivity index is 1.37. The third-order valence-corrected chi connectivity index (χ3v) is 5.53. The van der Waals surface area contributed by atoms with Crippen molar-refractivity contribution in [3.05, 3.63) is 0 Å². The molecule has 0 unspecified atom stereocenters. The van der Waals surface area contributed by atoms with Gasteiger partial charge in [-0.1, -0.05) is 19.3 Å². The standard InChI is InChI=1S/C16H28N4O2/c17-15(21)12-6-8-19(9-7-12)14-10-20(11-14)16(22)18-13-4-2-1-3-5-13/h12-14H,1-11H2,(H2,17,21)(H,18,22). The maximum Gasteiger partial charge on any atom is 0.317 e. The van der Waals surface area contributed by atoms with Crippen molar-refractivity contribution in [3.63, 3.8) is 0 Å². The third-order valence-electron chi connectivity index (χ3n) is 5.53. The number of rotatable bonds is 3. The van der Waals surface area contributed by atoms with Crippen LogP contribution in [0.5, 0.6) is 0 Å². The van der Waals surface area contributed by atoms with Gasteiger partial charge in [0.15, 0.2) is 0 Å². The molecule has 0 radical (unpaired) electrons. The van der Waals surface area contributed by atoms with Gasteiger partial charge in [-0.3, -0.25) is 9.69 Å². The van der Waals surface area contributed by atoms with Gasteiger partial charge in [-0.05, 0) is 38.8 Å². The van der Waals surface area contributed by atoms with Crippen LogP contribution >= 0.6 is 0 Å². The van der Waals surface area contributed by atoms with E-state index in [1.165, 1.54) is 19.3 Å². The van der Waals surface area contributed by atoms with Crippen molar-refractivity contribution in [2.75, 3.05) is 26.2 Å². The van der Waals surface area contributed by atoms with Crippen LogP contribution in [0.4, 0.5) is 4.79 Å². The molecule has 0 atom stereocenters. The molecule has 2 heterocycles. The Labute approximate surface area is 132 Å². The highest BCUT2D eigenvalue weighted by Gasteiger charge is 2.37. The molecule has 3 rings (SSSR count). The van der Waals surface area contributed by atoms with Gasteiger partial charge in [0.05, 0.1) is 0 Å². The largest absolute Gasteiger partial charge is 0.369 e. The average Bonchev–Trinajstić information content (AvgIpc) is 2.47. The Morgan fingerprint density at radius 1 is 0.955 bits per heavy atom. The molecule has 0 aromatic heterocycles. The molecule has 3 amide bonds. The zero-order chi connectivity index (χ0) is 15.5. The van der Waals surface area contributed by atoms with E-state index < -0.39 is 0 Å². The van der Waals surface area contributed by atoms with E-state index in [0.717, 1.165) is 51.9 Å². The van der Waals surface area contributed by atoms with E-state index in [0.29, 0.717) is 12.1 Å². The maximum atomic E-state index is 12.2. The van der Waals surface area contributed by atoms with E-state index in [-0.39, 0.29) is 17.9 Å². The van der Waals surface area contributed by atoms with Crippen molar-refractivity contribution in [2.24, 2.45) is 11.7 Å². The Hall–Kier alpha value is -1.30. The number of carbonyl (C=O) groups is 2. The number of primary amides is 1. The van der Waals surface area contributed by atoms with Crippen molar-refractivity contribution in [2.45, 2.75) is 57.0 Å². The fraction of sp³-hybridized carbons (Fsp3) is 0.875. The maximum absolute atomic E-state index is 12.2. The quantitative estimate of drug-likeness (QED) is 0.813. The molecule has 1 saturated carbocycles. The monoisotopic (exact) mass is 308 g/mol. The Morgan fingerprint density at radius 3 is 2.18 bits per heavy atom. The SMILES string of the molecule is NC(=O)C1CCN(C2CN(C(=O)NC3CCCCC3)C2)CC1. The summed E-state index contributed by atoms with van der Waals surface area (Å²) in [6.07, 6.45) is 7.76. The van der Waals surface area contributed by atoms with E-state index in [1.54, 1.807) is 0 Å². The summed E-state index contributed by atoms with van der Waals surface area (Å²) >= 11 is 0. The number of nitrogens with one attached hydrogen (secondary N) is 1. The van der Waals surface area contributed by atoms with Crippen LogP contribution in [-0.4, -0.2) is 60.0 Å². The topological polar surface area (TPSA) is 78.7 Å². The molecule has 0 bridgehead atoms. The summed E-state index contributed by atoms with van der Waals surface area (Å²) in [6, 6.07) is 0.952. The van der Waals surface area contributed by atoms with Gasteiger partial charge in [0.1, 0.15) is 0 Å². The van der Waals surface area contributed by atoms with E-state index in [2.05, 4.69) is 10.2 Å². The normalized spacial score (nSPS) is 25.7. The van der Waals surface area contributed by atoms with Crippen LogP contribution < -0.4 is 11.1 Å². The fourth-order valence-electron chi connectivity index (χ4n) is 3.91. The Kier molecular flexibility index (Phi) is 4.86. The first kappa shape index (κ1) is 15.6. The van der Waals surface area contributed by atoms with Crippen LogP contribution in [0.3, 0.4) is 0 Å². The number of amides is 3. The molecule has 3 N–H and O–H groups in total. The van der Waals surface area contributed by atoms with Crippen molar-refractivity contribution in [3.8, 4) is 0 Å². The second-order valence-corrected chi connectivity index (χ2v) is 7.06. The zero-order valence-electron chi connectivity index (χ0n) is 13.3. The second-order valence-electron chi connectivity index (χ2n) is 7.06. The summed E-state index contributed by atoms with van der Waals surface area (Å²) in [4.78, 5) is 27.7. The third kappa shape index (κ3) is 3.54. The number of nitrogens with two attached hydrogens (primary N) is 1. The second kappa shape index (κ2) is 6.86. The van der Waals surface area contributed by atoms with Crippen molar-refractivity contribution < 1.29 is 9.59 Å². The predicted molar refractivity (Wildman–Crippen MR) is 84.3 cm³/mol. The van der Waals surface area contributed by atoms with Gasteiger partial charge in [0.25, 0.3) is 0 Å². The van der Waals surface area contributed by atoms with Crippen molar-refractivity contribution in [1.29, 1.82) is 0 Å². The lowest BCUT2D eigenvalue weighted by Gasteiger charge is -2.47. The number of urea groups is 1. The fourth-order valence-corrected chi connectivity index (χ4v) is 3.91. The molecule has 0 spiro atoms. The molecular weight excluding hydrogens is 280 g/mol. The minimum atomic E-state index is -0.165. The van der Waals surface area contributed by atoms with Gasteiger partial charge in [-0.2, -0.15) is 0 Å². The molecule has 3 fully saturated rings. The molecule has 6 heteroatoms. The van der Waals surface area contributed by atoms with Crippen LogP contribution in [0, 0.1) is 5.92 Å². The number of hydrogen-bond donors (Lipinski definition) is 2. The lowest BCUT2D eigenvalue weighted by atomic mass is 9.93. The number of hydrogen-bond acceptors (Lipinski definition) is 3. The minimum absolute atomic E-state index is 0.0435. The molecule has 124 valence electrons. The highest BCUT2D eigenvalue weighted by atomic mass is 16.2. The molecule has 3 aliphatic rings.